The van der Waals surface area contributed by atoms with E-state index in [0.717, 1.165) is 11.1 Å². The molecule has 19 heavy (non-hydrogen) atoms. The van der Waals surface area contributed by atoms with Crippen LogP contribution in [0.25, 0.3) is 6.08 Å². The number of amides is 1. The monoisotopic (exact) mass is 337 g/mol. The van der Waals surface area contributed by atoms with Gasteiger partial charge in [-0.05, 0) is 30.5 Å². The Morgan fingerprint density at radius 2 is 2.00 bits per heavy atom. The van der Waals surface area contributed by atoms with E-state index in [1.807, 2.05) is 37.3 Å². The van der Waals surface area contributed by atoms with Crippen molar-refractivity contribution in [1.29, 1.82) is 0 Å². The molecule has 1 saturated carbocycles. The first-order valence-electron chi connectivity index (χ1n) is 5.57. The van der Waals surface area contributed by atoms with Gasteiger partial charge in [-0.2, -0.15) is 0 Å². The molecular formula is C13H11Cl4NO. The zero-order valence-corrected chi connectivity index (χ0v) is 13.0. The summed E-state index contributed by atoms with van der Waals surface area (Å²) in [5.74, 6) is -0.623. The van der Waals surface area contributed by atoms with Gasteiger partial charge < -0.3 is 5.32 Å². The summed E-state index contributed by atoms with van der Waals surface area (Å²) in [7, 11) is 0. The van der Waals surface area contributed by atoms with Crippen LogP contribution in [-0.4, -0.2) is 15.2 Å². The van der Waals surface area contributed by atoms with Gasteiger partial charge >= 0.3 is 0 Å². The van der Waals surface area contributed by atoms with E-state index in [-0.39, 0.29) is 0 Å². The van der Waals surface area contributed by atoms with Crippen LogP contribution in [-0.2, 0) is 4.79 Å². The third-order valence-electron chi connectivity index (χ3n) is 3.01. The maximum absolute atomic E-state index is 11.6. The van der Waals surface area contributed by atoms with E-state index in [2.05, 4.69) is 5.32 Å². The minimum Gasteiger partial charge on any atom is -0.343 e. The Kier molecular flexibility index (Phi) is 4.08. The molecule has 1 N–H and O–H groups in total. The first-order chi connectivity index (χ1) is 8.72. The van der Waals surface area contributed by atoms with Crippen LogP contribution in [0.3, 0.4) is 0 Å². The predicted molar refractivity (Wildman–Crippen MR) is 80.9 cm³/mol. The van der Waals surface area contributed by atoms with E-state index in [9.17, 15) is 4.79 Å². The summed E-state index contributed by atoms with van der Waals surface area (Å²) in [6.07, 6.45) is 2.66. The molecule has 1 aromatic rings. The molecular weight excluding hydrogens is 328 g/mol. The molecule has 102 valence electrons. The van der Waals surface area contributed by atoms with Crippen molar-refractivity contribution in [3.05, 3.63) is 40.4 Å². The van der Waals surface area contributed by atoms with Gasteiger partial charge in [-0.3, -0.25) is 4.79 Å². The Labute approximate surface area is 131 Å². The number of halogens is 4. The van der Waals surface area contributed by atoms with E-state index in [4.69, 9.17) is 46.4 Å². The van der Waals surface area contributed by atoms with Crippen LogP contribution in [0.5, 0.6) is 0 Å². The SMILES string of the molecule is CC1(NC(=O)C(Cl)(Cl)Cl)C/C1=C/c1ccccc1Cl. The molecule has 2 rings (SSSR count). The van der Waals surface area contributed by atoms with Crippen LogP contribution >= 0.6 is 46.4 Å². The largest absolute Gasteiger partial charge is 0.343 e. The first kappa shape index (κ1) is 15.0. The minimum atomic E-state index is -1.94. The number of carbonyl (C=O) groups is 1. The van der Waals surface area contributed by atoms with Crippen LogP contribution in [0.4, 0.5) is 0 Å². The Balaban J connectivity index is 2.11. The molecule has 1 atom stereocenters. The number of nitrogens with one attached hydrogen (secondary N) is 1. The van der Waals surface area contributed by atoms with Crippen molar-refractivity contribution in [2.24, 2.45) is 0 Å². The van der Waals surface area contributed by atoms with Gasteiger partial charge in [0.1, 0.15) is 0 Å². The van der Waals surface area contributed by atoms with Gasteiger partial charge in [0.15, 0.2) is 0 Å². The minimum absolute atomic E-state index is 0.458. The second kappa shape index (κ2) is 5.17. The van der Waals surface area contributed by atoms with Crippen molar-refractivity contribution in [3.8, 4) is 0 Å². The third-order valence-corrected chi connectivity index (χ3v) is 3.87. The summed E-state index contributed by atoms with van der Waals surface area (Å²) < 4.78 is -1.94. The Hall–Kier alpha value is -0.410. The van der Waals surface area contributed by atoms with Crippen molar-refractivity contribution in [1.82, 2.24) is 5.32 Å². The number of carbonyl (C=O) groups excluding carboxylic acids is 1. The van der Waals surface area contributed by atoms with Gasteiger partial charge in [-0.25, -0.2) is 0 Å². The highest BCUT2D eigenvalue weighted by Crippen LogP contribution is 2.45. The molecule has 1 unspecified atom stereocenters. The Morgan fingerprint density at radius 3 is 2.58 bits per heavy atom. The van der Waals surface area contributed by atoms with E-state index in [0.29, 0.717) is 11.4 Å². The molecule has 0 bridgehead atoms. The van der Waals surface area contributed by atoms with Gasteiger partial charge in [-0.15, -0.1) is 0 Å². The molecule has 0 spiro atoms. The van der Waals surface area contributed by atoms with Crippen LogP contribution in [0.1, 0.15) is 18.9 Å². The fourth-order valence-corrected chi connectivity index (χ4v) is 2.10. The zero-order valence-electron chi connectivity index (χ0n) is 10.0. The van der Waals surface area contributed by atoms with Crippen LogP contribution in [0.2, 0.25) is 5.02 Å². The number of benzene rings is 1. The standard InChI is InChI=1S/C13H11Cl4NO/c1-12(18-11(19)13(15,16)17)7-9(12)6-8-4-2-3-5-10(8)14/h2-6H,7H2,1H3,(H,18,19)/b9-6-. The number of hydrogen-bond acceptors (Lipinski definition) is 1. The smallest absolute Gasteiger partial charge is 0.272 e. The summed E-state index contributed by atoms with van der Waals surface area (Å²) in [6, 6.07) is 7.48. The van der Waals surface area contributed by atoms with Gasteiger partial charge in [0.25, 0.3) is 9.70 Å². The summed E-state index contributed by atoms with van der Waals surface area (Å²) in [5.41, 5.74) is 1.49. The number of rotatable bonds is 2. The van der Waals surface area contributed by atoms with Crippen LogP contribution < -0.4 is 5.32 Å². The molecule has 1 amide bonds. The molecule has 6 heteroatoms. The van der Waals surface area contributed by atoms with E-state index >= 15 is 0 Å². The molecule has 1 aliphatic rings. The average molecular weight is 339 g/mol. The summed E-state index contributed by atoms with van der Waals surface area (Å²) in [4.78, 5) is 11.6. The second-order valence-electron chi connectivity index (χ2n) is 4.65. The quantitative estimate of drug-likeness (QED) is 0.797. The predicted octanol–water partition coefficient (Wildman–Crippen LogP) is 4.37. The highest BCUT2D eigenvalue weighted by atomic mass is 35.6. The molecule has 0 aliphatic heterocycles. The maximum atomic E-state index is 11.6. The molecule has 1 fully saturated rings. The lowest BCUT2D eigenvalue weighted by Crippen LogP contribution is -2.41. The number of alkyl halides is 3. The summed E-state index contributed by atoms with van der Waals surface area (Å²) in [5, 5.41) is 3.38. The molecule has 0 heterocycles. The van der Waals surface area contributed by atoms with Crippen LogP contribution in [0.15, 0.2) is 29.8 Å². The lowest BCUT2D eigenvalue weighted by atomic mass is 10.2. The van der Waals surface area contributed by atoms with E-state index in [1.165, 1.54) is 0 Å². The molecule has 0 radical (unpaired) electrons. The highest BCUT2D eigenvalue weighted by molar-refractivity contribution is 6.76. The van der Waals surface area contributed by atoms with E-state index < -0.39 is 15.2 Å². The Bertz CT molecular complexity index is 550. The topological polar surface area (TPSA) is 29.1 Å². The molecule has 2 nitrogen and oxygen atoms in total. The lowest BCUT2D eigenvalue weighted by Gasteiger charge is -2.16. The molecule has 1 aromatic carbocycles. The van der Waals surface area contributed by atoms with Gasteiger partial charge in [0.2, 0.25) is 0 Å². The fraction of sp³-hybridized carbons (Fsp3) is 0.308. The van der Waals surface area contributed by atoms with Gasteiger partial charge in [-0.1, -0.05) is 70.7 Å². The molecule has 1 aliphatic carbocycles. The zero-order chi connectivity index (χ0) is 14.3. The van der Waals surface area contributed by atoms with Crippen molar-refractivity contribution in [2.75, 3.05) is 0 Å². The third kappa shape index (κ3) is 3.57. The normalized spacial score (nSPS) is 24.4. The van der Waals surface area contributed by atoms with Gasteiger partial charge in [0, 0.05) is 5.02 Å². The van der Waals surface area contributed by atoms with Gasteiger partial charge in [0.05, 0.1) is 5.54 Å². The summed E-state index contributed by atoms with van der Waals surface area (Å²) in [6.45, 7) is 1.88. The van der Waals surface area contributed by atoms with Crippen molar-refractivity contribution in [2.45, 2.75) is 22.7 Å². The van der Waals surface area contributed by atoms with Crippen molar-refractivity contribution >= 4 is 58.4 Å². The summed E-state index contributed by atoms with van der Waals surface area (Å²) >= 11 is 22.7. The van der Waals surface area contributed by atoms with Crippen LogP contribution in [0, 0.1) is 0 Å². The maximum Gasteiger partial charge on any atom is 0.272 e. The average Bonchev–Trinajstić information content (AvgIpc) is 2.91. The lowest BCUT2D eigenvalue weighted by molar-refractivity contribution is -0.120. The van der Waals surface area contributed by atoms with Crippen molar-refractivity contribution < 1.29 is 4.79 Å². The first-order valence-corrected chi connectivity index (χ1v) is 7.08. The van der Waals surface area contributed by atoms with E-state index in [1.54, 1.807) is 0 Å². The fourth-order valence-electron chi connectivity index (χ4n) is 1.77. The van der Waals surface area contributed by atoms with Crippen molar-refractivity contribution in [3.63, 3.8) is 0 Å². The number of hydrogen-bond donors (Lipinski definition) is 1. The Morgan fingerprint density at radius 1 is 1.37 bits per heavy atom. The molecule has 0 aromatic heterocycles. The second-order valence-corrected chi connectivity index (χ2v) is 7.34. The highest BCUT2D eigenvalue weighted by Gasteiger charge is 2.48. The molecule has 0 saturated heterocycles.